The Bertz CT molecular complexity index is 330. The van der Waals surface area contributed by atoms with Gasteiger partial charge in [-0.3, -0.25) is 11.3 Å². The Morgan fingerprint density at radius 1 is 1.62 bits per heavy atom. The molecule has 13 heavy (non-hydrogen) atoms. The average Bonchev–Trinajstić information content (AvgIpc) is 2.19. The fourth-order valence-electron chi connectivity index (χ4n) is 1.07. The lowest BCUT2D eigenvalue weighted by Crippen LogP contribution is -2.21. The van der Waals surface area contributed by atoms with Gasteiger partial charge in [-0.15, -0.1) is 0 Å². The van der Waals surface area contributed by atoms with Crippen LogP contribution >= 0.6 is 0 Å². The standard InChI is InChI=1S/C9H11N3O/c1-13-9-4-7(5-10)2-3-8(9)6-12-11/h2-4,12H,6,11H2,1H3. The molecule has 4 heteroatoms. The third-order valence-corrected chi connectivity index (χ3v) is 1.71. The topological polar surface area (TPSA) is 71.1 Å². The van der Waals surface area contributed by atoms with Crippen molar-refractivity contribution >= 4 is 0 Å². The molecular weight excluding hydrogens is 166 g/mol. The van der Waals surface area contributed by atoms with Crippen LogP contribution in [0, 0.1) is 11.3 Å². The number of hydrazine groups is 1. The van der Waals surface area contributed by atoms with Gasteiger partial charge in [-0.05, 0) is 12.1 Å². The van der Waals surface area contributed by atoms with Gasteiger partial charge < -0.3 is 4.74 Å². The molecule has 0 aromatic heterocycles. The van der Waals surface area contributed by atoms with Crippen LogP contribution in [0.2, 0.25) is 0 Å². The van der Waals surface area contributed by atoms with Crippen LogP contribution < -0.4 is 16.0 Å². The maximum absolute atomic E-state index is 8.63. The summed E-state index contributed by atoms with van der Waals surface area (Å²) >= 11 is 0. The summed E-state index contributed by atoms with van der Waals surface area (Å²) in [5.74, 6) is 5.86. The van der Waals surface area contributed by atoms with Crippen LogP contribution in [0.5, 0.6) is 5.75 Å². The highest BCUT2D eigenvalue weighted by atomic mass is 16.5. The molecule has 0 bridgehead atoms. The minimum atomic E-state index is 0.523. The average molecular weight is 177 g/mol. The van der Waals surface area contributed by atoms with E-state index < -0.39 is 0 Å². The third kappa shape index (κ3) is 2.18. The van der Waals surface area contributed by atoms with E-state index in [2.05, 4.69) is 5.43 Å². The van der Waals surface area contributed by atoms with Crippen molar-refractivity contribution in [2.24, 2.45) is 5.84 Å². The number of ether oxygens (including phenoxy) is 1. The van der Waals surface area contributed by atoms with E-state index in [0.717, 1.165) is 5.56 Å². The summed E-state index contributed by atoms with van der Waals surface area (Å²) in [6.45, 7) is 0.523. The maximum Gasteiger partial charge on any atom is 0.124 e. The van der Waals surface area contributed by atoms with E-state index in [1.54, 1.807) is 19.2 Å². The van der Waals surface area contributed by atoms with E-state index in [0.29, 0.717) is 17.9 Å². The molecule has 0 heterocycles. The molecule has 1 rings (SSSR count). The Morgan fingerprint density at radius 2 is 2.38 bits per heavy atom. The van der Waals surface area contributed by atoms with Gasteiger partial charge in [-0.2, -0.15) is 5.26 Å². The van der Waals surface area contributed by atoms with Gasteiger partial charge in [0.25, 0.3) is 0 Å². The van der Waals surface area contributed by atoms with Crippen LogP contribution in [0.25, 0.3) is 0 Å². The van der Waals surface area contributed by atoms with E-state index >= 15 is 0 Å². The summed E-state index contributed by atoms with van der Waals surface area (Å²) in [6.07, 6.45) is 0. The first kappa shape index (κ1) is 9.52. The fourth-order valence-corrected chi connectivity index (χ4v) is 1.07. The highest BCUT2D eigenvalue weighted by molar-refractivity contribution is 5.42. The predicted molar refractivity (Wildman–Crippen MR) is 48.7 cm³/mol. The van der Waals surface area contributed by atoms with Gasteiger partial charge in [0.05, 0.1) is 18.7 Å². The molecule has 0 fully saturated rings. The fraction of sp³-hybridized carbons (Fsp3) is 0.222. The second-order valence-electron chi connectivity index (χ2n) is 2.52. The second-order valence-corrected chi connectivity index (χ2v) is 2.52. The number of rotatable bonds is 3. The van der Waals surface area contributed by atoms with Crippen molar-refractivity contribution in [3.05, 3.63) is 29.3 Å². The molecule has 0 amide bonds. The molecule has 0 saturated carbocycles. The molecule has 0 atom stereocenters. The molecule has 68 valence electrons. The SMILES string of the molecule is COc1cc(C#N)ccc1CNN. The van der Waals surface area contributed by atoms with Crippen LogP contribution in [0.15, 0.2) is 18.2 Å². The highest BCUT2D eigenvalue weighted by Gasteiger charge is 2.02. The molecule has 3 N–H and O–H groups in total. The van der Waals surface area contributed by atoms with Crippen molar-refractivity contribution in [3.8, 4) is 11.8 Å². The van der Waals surface area contributed by atoms with Gasteiger partial charge >= 0.3 is 0 Å². The lowest BCUT2D eigenvalue weighted by molar-refractivity contribution is 0.408. The Balaban J connectivity index is 3.02. The largest absolute Gasteiger partial charge is 0.496 e. The van der Waals surface area contributed by atoms with Gasteiger partial charge in [-0.25, -0.2) is 0 Å². The number of nitrogens with one attached hydrogen (secondary N) is 1. The van der Waals surface area contributed by atoms with Crippen molar-refractivity contribution in [1.29, 1.82) is 5.26 Å². The Morgan fingerprint density at radius 3 is 2.92 bits per heavy atom. The summed E-state index contributed by atoms with van der Waals surface area (Å²) in [4.78, 5) is 0. The molecule has 0 saturated heterocycles. The zero-order valence-corrected chi connectivity index (χ0v) is 7.37. The number of nitrogens with zero attached hydrogens (tertiary/aromatic N) is 1. The molecule has 0 aliphatic heterocycles. The van der Waals surface area contributed by atoms with Crippen molar-refractivity contribution in [3.63, 3.8) is 0 Å². The molecule has 0 aliphatic rings. The number of methoxy groups -OCH3 is 1. The molecule has 0 spiro atoms. The quantitative estimate of drug-likeness (QED) is 0.522. The van der Waals surface area contributed by atoms with E-state index in [4.69, 9.17) is 15.8 Å². The minimum Gasteiger partial charge on any atom is -0.496 e. The first-order chi connectivity index (χ1) is 6.31. The van der Waals surface area contributed by atoms with Gasteiger partial charge in [0.15, 0.2) is 0 Å². The Labute approximate surface area is 76.9 Å². The summed E-state index contributed by atoms with van der Waals surface area (Å²) in [7, 11) is 1.57. The second kappa shape index (κ2) is 4.45. The number of benzene rings is 1. The Hall–Kier alpha value is -1.57. The molecule has 0 radical (unpaired) electrons. The van der Waals surface area contributed by atoms with Crippen LogP contribution in [0.3, 0.4) is 0 Å². The number of nitriles is 1. The van der Waals surface area contributed by atoms with Crippen LogP contribution in [0.4, 0.5) is 0 Å². The number of hydrogen-bond donors (Lipinski definition) is 2. The van der Waals surface area contributed by atoms with E-state index in [1.807, 2.05) is 12.1 Å². The highest BCUT2D eigenvalue weighted by Crippen LogP contribution is 2.19. The normalized spacial score (nSPS) is 9.31. The van der Waals surface area contributed by atoms with E-state index in [-0.39, 0.29) is 0 Å². The molecule has 0 unspecified atom stereocenters. The minimum absolute atomic E-state index is 0.523. The summed E-state index contributed by atoms with van der Waals surface area (Å²) in [5.41, 5.74) is 4.05. The molecular formula is C9H11N3O. The number of nitrogens with two attached hydrogens (primary N) is 1. The van der Waals surface area contributed by atoms with Gasteiger partial charge in [0.2, 0.25) is 0 Å². The summed E-state index contributed by atoms with van der Waals surface area (Å²) in [5, 5.41) is 8.63. The lowest BCUT2D eigenvalue weighted by atomic mass is 10.1. The smallest absolute Gasteiger partial charge is 0.124 e. The van der Waals surface area contributed by atoms with Gasteiger partial charge in [0.1, 0.15) is 5.75 Å². The molecule has 4 nitrogen and oxygen atoms in total. The zero-order chi connectivity index (χ0) is 9.68. The third-order valence-electron chi connectivity index (χ3n) is 1.71. The van der Waals surface area contributed by atoms with Crippen molar-refractivity contribution in [1.82, 2.24) is 5.43 Å². The predicted octanol–water partition coefficient (Wildman–Crippen LogP) is 0.530. The van der Waals surface area contributed by atoms with Gasteiger partial charge in [-0.1, -0.05) is 6.07 Å². The van der Waals surface area contributed by atoms with Gasteiger partial charge in [0, 0.05) is 12.1 Å². The number of hydrogen-bond acceptors (Lipinski definition) is 4. The van der Waals surface area contributed by atoms with Crippen molar-refractivity contribution in [2.75, 3.05) is 7.11 Å². The van der Waals surface area contributed by atoms with E-state index in [1.165, 1.54) is 0 Å². The monoisotopic (exact) mass is 177 g/mol. The van der Waals surface area contributed by atoms with Crippen molar-refractivity contribution < 1.29 is 4.74 Å². The summed E-state index contributed by atoms with van der Waals surface area (Å²) < 4.78 is 5.09. The van der Waals surface area contributed by atoms with Crippen LogP contribution in [-0.4, -0.2) is 7.11 Å². The molecule has 0 aliphatic carbocycles. The lowest BCUT2D eigenvalue weighted by Gasteiger charge is -2.07. The van der Waals surface area contributed by atoms with Crippen LogP contribution in [-0.2, 0) is 6.54 Å². The zero-order valence-electron chi connectivity index (χ0n) is 7.37. The molecule has 1 aromatic carbocycles. The van der Waals surface area contributed by atoms with Crippen LogP contribution in [0.1, 0.15) is 11.1 Å². The van der Waals surface area contributed by atoms with Crippen molar-refractivity contribution in [2.45, 2.75) is 6.54 Å². The maximum atomic E-state index is 8.63. The van der Waals surface area contributed by atoms with E-state index in [9.17, 15) is 0 Å². The first-order valence-corrected chi connectivity index (χ1v) is 3.82. The Kier molecular flexibility index (Phi) is 3.26. The summed E-state index contributed by atoms with van der Waals surface area (Å²) in [6, 6.07) is 7.27. The molecule has 1 aromatic rings. The first-order valence-electron chi connectivity index (χ1n) is 3.82.